The molecule has 1 N–H and O–H groups in total. The van der Waals surface area contributed by atoms with Gasteiger partial charge in [0.2, 0.25) is 10.0 Å². The second-order valence-corrected chi connectivity index (χ2v) is 7.48. The molecule has 2 heterocycles. The van der Waals surface area contributed by atoms with Gasteiger partial charge in [-0.3, -0.25) is 0 Å². The lowest BCUT2D eigenvalue weighted by atomic mass is 10.3. The Labute approximate surface area is 132 Å². The molecule has 1 aromatic heterocycles. The summed E-state index contributed by atoms with van der Waals surface area (Å²) >= 11 is 0. The van der Waals surface area contributed by atoms with E-state index in [1.165, 1.54) is 0 Å². The average molecular weight is 327 g/mol. The highest BCUT2D eigenvalue weighted by Gasteiger charge is 2.26. The molecule has 124 valence electrons. The molecule has 0 spiro atoms. The molecule has 1 aliphatic rings. The molecule has 1 fully saturated rings. The highest BCUT2D eigenvalue weighted by Crippen LogP contribution is 2.19. The van der Waals surface area contributed by atoms with Crippen molar-refractivity contribution in [2.45, 2.75) is 27.2 Å². The van der Waals surface area contributed by atoms with Crippen molar-refractivity contribution in [2.75, 3.05) is 48.7 Å². The quantitative estimate of drug-likeness (QED) is 0.842. The molecule has 1 aliphatic heterocycles. The topological polar surface area (TPSA) is 78.4 Å². The Balaban J connectivity index is 2.05. The van der Waals surface area contributed by atoms with E-state index in [-0.39, 0.29) is 5.75 Å². The standard InChI is InChI=1S/C14H25N5O2S/c1-4-10-22(20,21)19-8-6-18(7-9-19)14-11-13(15-5-2)16-12(3)17-14/h11H,4-10H2,1-3H3,(H,15,16,17). The van der Waals surface area contributed by atoms with Gasteiger partial charge in [-0.1, -0.05) is 6.92 Å². The maximum Gasteiger partial charge on any atom is 0.214 e. The molecular weight excluding hydrogens is 302 g/mol. The molecule has 0 saturated carbocycles. The molecular formula is C14H25N5O2S. The largest absolute Gasteiger partial charge is 0.370 e. The molecule has 1 saturated heterocycles. The van der Waals surface area contributed by atoms with Gasteiger partial charge < -0.3 is 10.2 Å². The van der Waals surface area contributed by atoms with Crippen molar-refractivity contribution in [3.05, 3.63) is 11.9 Å². The first-order valence-corrected chi connectivity index (χ1v) is 9.39. The van der Waals surface area contributed by atoms with Crippen LogP contribution in [0.3, 0.4) is 0 Å². The molecule has 0 unspecified atom stereocenters. The zero-order valence-electron chi connectivity index (χ0n) is 13.5. The Morgan fingerprint density at radius 3 is 2.45 bits per heavy atom. The van der Waals surface area contributed by atoms with Gasteiger partial charge >= 0.3 is 0 Å². The van der Waals surface area contributed by atoms with E-state index in [1.54, 1.807) is 4.31 Å². The van der Waals surface area contributed by atoms with Crippen molar-refractivity contribution in [1.82, 2.24) is 14.3 Å². The Kier molecular flexibility index (Phi) is 5.57. The highest BCUT2D eigenvalue weighted by molar-refractivity contribution is 7.89. The lowest BCUT2D eigenvalue weighted by Crippen LogP contribution is -2.49. The van der Waals surface area contributed by atoms with Crippen LogP contribution in [0.2, 0.25) is 0 Å². The Hall–Kier alpha value is -1.41. The van der Waals surface area contributed by atoms with Gasteiger partial charge in [0.25, 0.3) is 0 Å². The summed E-state index contributed by atoms with van der Waals surface area (Å²) in [7, 11) is -3.10. The Bertz CT molecular complexity index is 597. The van der Waals surface area contributed by atoms with E-state index in [0.717, 1.165) is 24.0 Å². The Morgan fingerprint density at radius 2 is 1.86 bits per heavy atom. The summed E-state index contributed by atoms with van der Waals surface area (Å²) in [6, 6.07) is 1.92. The van der Waals surface area contributed by atoms with E-state index in [9.17, 15) is 8.42 Å². The lowest BCUT2D eigenvalue weighted by molar-refractivity contribution is 0.383. The van der Waals surface area contributed by atoms with Crippen molar-refractivity contribution < 1.29 is 8.42 Å². The third-order valence-corrected chi connectivity index (χ3v) is 5.68. The number of piperazine rings is 1. The van der Waals surface area contributed by atoms with E-state index >= 15 is 0 Å². The van der Waals surface area contributed by atoms with Gasteiger partial charge in [-0.2, -0.15) is 4.31 Å². The summed E-state index contributed by atoms with van der Waals surface area (Å²) in [6.45, 7) is 8.93. The van der Waals surface area contributed by atoms with Gasteiger partial charge in [-0.15, -0.1) is 0 Å². The van der Waals surface area contributed by atoms with Crippen LogP contribution in [0.1, 0.15) is 26.1 Å². The first-order chi connectivity index (χ1) is 10.5. The van der Waals surface area contributed by atoms with Crippen molar-refractivity contribution in [3.63, 3.8) is 0 Å². The van der Waals surface area contributed by atoms with E-state index < -0.39 is 10.0 Å². The minimum absolute atomic E-state index is 0.226. The van der Waals surface area contributed by atoms with Gasteiger partial charge in [0.15, 0.2) is 0 Å². The number of hydrogen-bond donors (Lipinski definition) is 1. The fraction of sp³-hybridized carbons (Fsp3) is 0.714. The summed E-state index contributed by atoms with van der Waals surface area (Å²) in [5, 5.41) is 3.19. The molecule has 0 amide bonds. The molecule has 1 aromatic rings. The first-order valence-electron chi connectivity index (χ1n) is 7.78. The summed E-state index contributed by atoms with van der Waals surface area (Å²) in [6.07, 6.45) is 0.652. The number of anilines is 2. The third kappa shape index (κ3) is 4.07. The first kappa shape index (κ1) is 17.0. The predicted molar refractivity (Wildman–Crippen MR) is 88.8 cm³/mol. The van der Waals surface area contributed by atoms with Crippen LogP contribution in [0.25, 0.3) is 0 Å². The van der Waals surface area contributed by atoms with Gasteiger partial charge in [-0.05, 0) is 20.3 Å². The van der Waals surface area contributed by atoms with Crippen molar-refractivity contribution in [2.24, 2.45) is 0 Å². The van der Waals surface area contributed by atoms with Crippen LogP contribution in [0.4, 0.5) is 11.6 Å². The number of sulfonamides is 1. The van der Waals surface area contributed by atoms with Gasteiger partial charge in [0.05, 0.1) is 5.75 Å². The number of nitrogens with zero attached hydrogens (tertiary/aromatic N) is 4. The molecule has 22 heavy (non-hydrogen) atoms. The van der Waals surface area contributed by atoms with Crippen LogP contribution in [0.15, 0.2) is 6.07 Å². The number of rotatable bonds is 6. The van der Waals surface area contributed by atoms with Gasteiger partial charge in [0.1, 0.15) is 17.5 Å². The van der Waals surface area contributed by atoms with Crippen molar-refractivity contribution in [1.29, 1.82) is 0 Å². The number of aryl methyl sites for hydroxylation is 1. The molecule has 0 radical (unpaired) electrons. The molecule has 2 rings (SSSR count). The normalized spacial score (nSPS) is 16.8. The highest BCUT2D eigenvalue weighted by atomic mass is 32.2. The SMILES string of the molecule is CCCS(=O)(=O)N1CCN(c2cc(NCC)nc(C)n2)CC1. The van der Waals surface area contributed by atoms with Crippen molar-refractivity contribution in [3.8, 4) is 0 Å². The predicted octanol–water partition coefficient (Wildman–Crippen LogP) is 1.08. The lowest BCUT2D eigenvalue weighted by Gasteiger charge is -2.34. The molecule has 0 bridgehead atoms. The number of nitrogens with one attached hydrogen (secondary N) is 1. The fourth-order valence-electron chi connectivity index (χ4n) is 2.57. The Morgan fingerprint density at radius 1 is 1.18 bits per heavy atom. The van der Waals surface area contributed by atoms with Gasteiger partial charge in [0, 0.05) is 38.8 Å². The molecule has 0 atom stereocenters. The zero-order chi connectivity index (χ0) is 16.2. The van der Waals surface area contributed by atoms with Crippen LogP contribution in [-0.4, -0.2) is 61.2 Å². The monoisotopic (exact) mass is 327 g/mol. The summed E-state index contributed by atoms with van der Waals surface area (Å²) in [5.41, 5.74) is 0. The van der Waals surface area contributed by atoms with E-state index in [2.05, 4.69) is 20.2 Å². The van der Waals surface area contributed by atoms with Gasteiger partial charge in [-0.25, -0.2) is 18.4 Å². The maximum atomic E-state index is 12.1. The van der Waals surface area contributed by atoms with Crippen LogP contribution < -0.4 is 10.2 Å². The van der Waals surface area contributed by atoms with Crippen LogP contribution >= 0.6 is 0 Å². The summed E-state index contributed by atoms with van der Waals surface area (Å²) in [4.78, 5) is 10.9. The fourth-order valence-corrected chi connectivity index (χ4v) is 4.06. The van der Waals surface area contributed by atoms with E-state index in [4.69, 9.17) is 0 Å². The smallest absolute Gasteiger partial charge is 0.214 e. The second-order valence-electron chi connectivity index (χ2n) is 5.39. The van der Waals surface area contributed by atoms with Crippen LogP contribution in [0, 0.1) is 6.92 Å². The van der Waals surface area contributed by atoms with Crippen LogP contribution in [0.5, 0.6) is 0 Å². The number of aromatic nitrogens is 2. The number of hydrogen-bond acceptors (Lipinski definition) is 6. The third-order valence-electron chi connectivity index (χ3n) is 3.60. The average Bonchev–Trinajstić information content (AvgIpc) is 2.47. The minimum Gasteiger partial charge on any atom is -0.370 e. The zero-order valence-corrected chi connectivity index (χ0v) is 14.4. The summed E-state index contributed by atoms with van der Waals surface area (Å²) in [5.74, 6) is 2.61. The van der Waals surface area contributed by atoms with E-state index in [0.29, 0.717) is 32.6 Å². The molecule has 7 nitrogen and oxygen atoms in total. The minimum atomic E-state index is -3.10. The van der Waals surface area contributed by atoms with Crippen LogP contribution in [-0.2, 0) is 10.0 Å². The second kappa shape index (κ2) is 7.23. The maximum absolute atomic E-state index is 12.1. The molecule has 8 heteroatoms. The van der Waals surface area contributed by atoms with Crippen molar-refractivity contribution >= 4 is 21.7 Å². The van der Waals surface area contributed by atoms with E-state index in [1.807, 2.05) is 26.8 Å². The molecule has 0 aromatic carbocycles. The summed E-state index contributed by atoms with van der Waals surface area (Å²) < 4.78 is 25.8. The molecule has 0 aliphatic carbocycles.